The quantitative estimate of drug-likeness (QED) is 0.679. The van der Waals surface area contributed by atoms with Crippen molar-refractivity contribution in [2.75, 3.05) is 13.1 Å². The van der Waals surface area contributed by atoms with Crippen LogP contribution < -0.4 is 11.1 Å². The van der Waals surface area contributed by atoms with Gasteiger partial charge in [0, 0.05) is 12.6 Å². The van der Waals surface area contributed by atoms with Gasteiger partial charge in [0.1, 0.15) is 0 Å². The van der Waals surface area contributed by atoms with Crippen molar-refractivity contribution in [3.63, 3.8) is 0 Å². The van der Waals surface area contributed by atoms with Gasteiger partial charge in [-0.1, -0.05) is 44.2 Å². The van der Waals surface area contributed by atoms with Crippen molar-refractivity contribution in [2.24, 2.45) is 11.7 Å². The van der Waals surface area contributed by atoms with E-state index in [2.05, 4.69) is 49.5 Å². The van der Waals surface area contributed by atoms with Crippen LogP contribution in [0.25, 0.3) is 0 Å². The third-order valence-electron chi connectivity index (χ3n) is 3.20. The van der Waals surface area contributed by atoms with Gasteiger partial charge in [-0.25, -0.2) is 0 Å². The number of rotatable bonds is 8. The maximum atomic E-state index is 5.72. The molecular formula is C15H26N2. The molecule has 0 saturated heterocycles. The van der Waals surface area contributed by atoms with Gasteiger partial charge in [0.25, 0.3) is 0 Å². The van der Waals surface area contributed by atoms with Crippen molar-refractivity contribution in [3.8, 4) is 0 Å². The van der Waals surface area contributed by atoms with Crippen LogP contribution in [0.3, 0.4) is 0 Å². The summed E-state index contributed by atoms with van der Waals surface area (Å²) in [5, 5.41) is 3.53. The molecule has 0 bridgehead atoms. The summed E-state index contributed by atoms with van der Waals surface area (Å²) in [5.74, 6) is 0.620. The molecule has 0 radical (unpaired) electrons. The number of aryl methyl sites for hydroxylation is 1. The number of hydrogen-bond donors (Lipinski definition) is 2. The topological polar surface area (TPSA) is 38.0 Å². The minimum atomic E-state index is 0.465. The van der Waals surface area contributed by atoms with E-state index in [0.717, 1.165) is 13.1 Å². The molecule has 1 aromatic rings. The molecular weight excluding hydrogens is 208 g/mol. The molecule has 0 aromatic heterocycles. The second kappa shape index (κ2) is 8.26. The van der Waals surface area contributed by atoms with Crippen LogP contribution in [0.1, 0.15) is 32.3 Å². The lowest BCUT2D eigenvalue weighted by Crippen LogP contribution is -2.40. The summed E-state index contributed by atoms with van der Waals surface area (Å²) < 4.78 is 0. The smallest absolute Gasteiger partial charge is 0.0213 e. The van der Waals surface area contributed by atoms with Crippen molar-refractivity contribution in [3.05, 3.63) is 35.9 Å². The molecule has 1 aromatic carbocycles. The van der Waals surface area contributed by atoms with Gasteiger partial charge >= 0.3 is 0 Å². The molecule has 0 fully saturated rings. The molecule has 0 saturated carbocycles. The summed E-state index contributed by atoms with van der Waals surface area (Å²) in [7, 11) is 0. The second-order valence-corrected chi connectivity index (χ2v) is 4.98. The van der Waals surface area contributed by atoms with E-state index < -0.39 is 0 Å². The number of unbranched alkanes of at least 4 members (excludes halogenated alkanes) is 1. The van der Waals surface area contributed by atoms with Crippen molar-refractivity contribution >= 4 is 0 Å². The van der Waals surface area contributed by atoms with E-state index in [1.807, 2.05) is 0 Å². The SMILES string of the molecule is CC(C)C(CN)NCCCCc1ccccc1. The Morgan fingerprint density at radius 1 is 1.12 bits per heavy atom. The third kappa shape index (κ3) is 5.85. The molecule has 3 N–H and O–H groups in total. The van der Waals surface area contributed by atoms with Crippen molar-refractivity contribution < 1.29 is 0 Å². The summed E-state index contributed by atoms with van der Waals surface area (Å²) in [5.41, 5.74) is 7.15. The van der Waals surface area contributed by atoms with Gasteiger partial charge in [0.15, 0.2) is 0 Å². The van der Waals surface area contributed by atoms with Crippen LogP contribution in [0, 0.1) is 5.92 Å². The van der Waals surface area contributed by atoms with Crippen molar-refractivity contribution in [1.29, 1.82) is 0 Å². The Labute approximate surface area is 106 Å². The Balaban J connectivity index is 2.08. The highest BCUT2D eigenvalue weighted by Crippen LogP contribution is 2.04. The highest BCUT2D eigenvalue weighted by atomic mass is 14.9. The molecule has 1 unspecified atom stereocenters. The minimum absolute atomic E-state index is 0.465. The van der Waals surface area contributed by atoms with E-state index >= 15 is 0 Å². The van der Waals surface area contributed by atoms with E-state index in [4.69, 9.17) is 5.73 Å². The maximum Gasteiger partial charge on any atom is 0.0213 e. The fourth-order valence-electron chi connectivity index (χ4n) is 1.98. The number of hydrogen-bond acceptors (Lipinski definition) is 2. The van der Waals surface area contributed by atoms with Crippen LogP contribution >= 0.6 is 0 Å². The van der Waals surface area contributed by atoms with Gasteiger partial charge in [0.05, 0.1) is 0 Å². The average Bonchev–Trinajstić information content (AvgIpc) is 2.34. The number of nitrogens with one attached hydrogen (secondary N) is 1. The molecule has 2 heteroatoms. The molecule has 96 valence electrons. The zero-order chi connectivity index (χ0) is 12.5. The fourth-order valence-corrected chi connectivity index (χ4v) is 1.98. The Morgan fingerprint density at radius 3 is 2.41 bits per heavy atom. The molecule has 2 nitrogen and oxygen atoms in total. The zero-order valence-corrected chi connectivity index (χ0v) is 11.2. The van der Waals surface area contributed by atoms with Gasteiger partial charge in [-0.2, -0.15) is 0 Å². The molecule has 0 amide bonds. The predicted octanol–water partition coefficient (Wildman–Crippen LogP) is 2.58. The summed E-state index contributed by atoms with van der Waals surface area (Å²) in [6, 6.07) is 11.1. The van der Waals surface area contributed by atoms with Gasteiger partial charge in [0.2, 0.25) is 0 Å². The van der Waals surface area contributed by atoms with Crippen LogP contribution in [0.15, 0.2) is 30.3 Å². The highest BCUT2D eigenvalue weighted by Gasteiger charge is 2.09. The lowest BCUT2D eigenvalue weighted by molar-refractivity contribution is 0.402. The van der Waals surface area contributed by atoms with E-state index in [1.165, 1.54) is 24.8 Å². The Kier molecular flexibility index (Phi) is 6.90. The van der Waals surface area contributed by atoms with Crippen LogP contribution in [0.4, 0.5) is 0 Å². The zero-order valence-electron chi connectivity index (χ0n) is 11.2. The van der Waals surface area contributed by atoms with E-state index in [-0.39, 0.29) is 0 Å². The molecule has 0 aliphatic rings. The normalized spacial score (nSPS) is 12.9. The lowest BCUT2D eigenvalue weighted by Gasteiger charge is -2.20. The molecule has 0 heterocycles. The van der Waals surface area contributed by atoms with E-state index in [1.54, 1.807) is 0 Å². The number of benzene rings is 1. The van der Waals surface area contributed by atoms with Crippen molar-refractivity contribution in [1.82, 2.24) is 5.32 Å². The minimum Gasteiger partial charge on any atom is -0.329 e. The average molecular weight is 234 g/mol. The first kappa shape index (κ1) is 14.2. The summed E-state index contributed by atoms with van der Waals surface area (Å²) in [6.07, 6.45) is 3.64. The van der Waals surface area contributed by atoms with Gasteiger partial charge in [-0.05, 0) is 37.3 Å². The third-order valence-corrected chi connectivity index (χ3v) is 3.20. The van der Waals surface area contributed by atoms with Gasteiger partial charge in [-0.3, -0.25) is 0 Å². The standard InChI is InChI=1S/C15H26N2/c1-13(2)15(12-16)17-11-7-6-10-14-8-4-3-5-9-14/h3-5,8-9,13,15,17H,6-7,10-12,16H2,1-2H3. The van der Waals surface area contributed by atoms with E-state index in [9.17, 15) is 0 Å². The van der Waals surface area contributed by atoms with Crippen LogP contribution in [-0.4, -0.2) is 19.1 Å². The van der Waals surface area contributed by atoms with Gasteiger partial charge in [-0.15, -0.1) is 0 Å². The largest absolute Gasteiger partial charge is 0.329 e. The molecule has 0 aliphatic heterocycles. The van der Waals surface area contributed by atoms with Crippen molar-refractivity contribution in [2.45, 2.75) is 39.2 Å². The molecule has 1 rings (SSSR count). The lowest BCUT2D eigenvalue weighted by atomic mass is 10.0. The van der Waals surface area contributed by atoms with Crippen LogP contribution in [-0.2, 0) is 6.42 Å². The summed E-state index contributed by atoms with van der Waals surface area (Å²) in [6.45, 7) is 6.24. The molecule has 17 heavy (non-hydrogen) atoms. The first-order chi connectivity index (χ1) is 8.24. The molecule has 0 aliphatic carbocycles. The van der Waals surface area contributed by atoms with E-state index in [0.29, 0.717) is 12.0 Å². The summed E-state index contributed by atoms with van der Waals surface area (Å²) in [4.78, 5) is 0. The summed E-state index contributed by atoms with van der Waals surface area (Å²) >= 11 is 0. The second-order valence-electron chi connectivity index (χ2n) is 4.98. The Hall–Kier alpha value is -0.860. The Bertz CT molecular complexity index is 282. The van der Waals surface area contributed by atoms with Crippen LogP contribution in [0.2, 0.25) is 0 Å². The number of nitrogens with two attached hydrogens (primary N) is 1. The fraction of sp³-hybridized carbons (Fsp3) is 0.600. The first-order valence-electron chi connectivity index (χ1n) is 6.71. The monoisotopic (exact) mass is 234 g/mol. The maximum absolute atomic E-state index is 5.72. The molecule has 0 spiro atoms. The van der Waals surface area contributed by atoms with Crippen LogP contribution in [0.5, 0.6) is 0 Å². The molecule has 1 atom stereocenters. The van der Waals surface area contributed by atoms with Gasteiger partial charge < -0.3 is 11.1 Å². The predicted molar refractivity (Wildman–Crippen MR) is 75.1 cm³/mol. The highest BCUT2D eigenvalue weighted by molar-refractivity contribution is 5.14. The first-order valence-corrected chi connectivity index (χ1v) is 6.71. The Morgan fingerprint density at radius 2 is 1.82 bits per heavy atom.